The highest BCUT2D eigenvalue weighted by molar-refractivity contribution is 5.85. The summed E-state index contributed by atoms with van der Waals surface area (Å²) in [7, 11) is 1.22. The predicted octanol–water partition coefficient (Wildman–Crippen LogP) is 7.40. The largest absolute Gasteiger partial charge is 0.444 e. The van der Waals surface area contributed by atoms with Crippen LogP contribution in [0.25, 0.3) is 11.0 Å². The highest BCUT2D eigenvalue weighted by atomic mass is 19.4. The number of alkyl carbamates (subject to hydrolysis) is 1. The Morgan fingerprint density at radius 2 is 1.65 bits per heavy atom. The Kier molecular flexibility index (Phi) is 8.54. The van der Waals surface area contributed by atoms with Crippen molar-refractivity contribution in [1.29, 1.82) is 0 Å². The number of nitrogens with zero attached hydrogens (tertiary/aromatic N) is 3. The summed E-state index contributed by atoms with van der Waals surface area (Å²) in [5, 5.41) is 6.12. The number of amides is 2. The summed E-state index contributed by atoms with van der Waals surface area (Å²) in [5.41, 5.74) is 3.47. The summed E-state index contributed by atoms with van der Waals surface area (Å²) >= 11 is 0. The van der Waals surface area contributed by atoms with Gasteiger partial charge in [-0.05, 0) is 95.0 Å². The van der Waals surface area contributed by atoms with Crippen molar-refractivity contribution in [2.45, 2.75) is 89.1 Å². The van der Waals surface area contributed by atoms with Gasteiger partial charge < -0.3 is 20.3 Å². The van der Waals surface area contributed by atoms with E-state index in [1.54, 1.807) is 45.3 Å². The van der Waals surface area contributed by atoms with E-state index in [9.17, 15) is 22.8 Å². The van der Waals surface area contributed by atoms with Gasteiger partial charge in [0.2, 0.25) is 5.91 Å². The number of anilines is 2. The number of carbonyl (C=O) groups is 2. The topological polar surface area (TPSA) is 96.5 Å². The first kappa shape index (κ1) is 30.6. The van der Waals surface area contributed by atoms with Gasteiger partial charge in [-0.3, -0.25) is 14.8 Å². The number of nitrogens with one attached hydrogen (secondary N) is 2. The fourth-order valence-corrected chi connectivity index (χ4v) is 5.84. The molecule has 1 atom stereocenters. The lowest BCUT2D eigenvalue weighted by molar-refractivity contribution is -0.191. The zero-order valence-electron chi connectivity index (χ0n) is 24.9. The molecular weight excluding hydrogens is 559 g/mol. The number of pyridine rings is 2. The van der Waals surface area contributed by atoms with Gasteiger partial charge in [-0.25, -0.2) is 4.79 Å². The van der Waals surface area contributed by atoms with Crippen molar-refractivity contribution < 1.29 is 27.5 Å². The summed E-state index contributed by atoms with van der Waals surface area (Å²) < 4.78 is 48.4. The number of hydrogen-bond acceptors (Lipinski definition) is 6. The fourth-order valence-electron chi connectivity index (χ4n) is 5.84. The Morgan fingerprint density at radius 3 is 2.26 bits per heavy atom. The molecule has 0 spiro atoms. The molecule has 3 aromatic rings. The van der Waals surface area contributed by atoms with Crippen LogP contribution in [0.4, 0.5) is 29.3 Å². The lowest BCUT2D eigenvalue weighted by Gasteiger charge is -2.35. The monoisotopic (exact) mass is 597 g/mol. The second-order valence-electron chi connectivity index (χ2n) is 12.6. The van der Waals surface area contributed by atoms with Crippen LogP contribution in [0.5, 0.6) is 0 Å². The molecule has 1 aromatic carbocycles. The van der Waals surface area contributed by atoms with E-state index in [2.05, 4.69) is 20.6 Å². The minimum absolute atomic E-state index is 0.0186. The number of halogens is 3. The maximum Gasteiger partial charge on any atom is 0.413 e. The van der Waals surface area contributed by atoms with E-state index in [1.807, 2.05) is 12.1 Å². The van der Waals surface area contributed by atoms with E-state index < -0.39 is 35.7 Å². The van der Waals surface area contributed by atoms with Crippen molar-refractivity contribution in [2.75, 3.05) is 12.4 Å². The molecule has 5 rings (SSSR count). The molecule has 0 unspecified atom stereocenters. The molecule has 2 N–H and O–H groups in total. The maximum absolute atomic E-state index is 14.4. The Labute approximate surface area is 249 Å². The van der Waals surface area contributed by atoms with Crippen LogP contribution in [0.3, 0.4) is 0 Å². The van der Waals surface area contributed by atoms with Crippen LogP contribution >= 0.6 is 0 Å². The second kappa shape index (κ2) is 12.0. The lowest BCUT2D eigenvalue weighted by Crippen LogP contribution is -2.45. The molecule has 2 aromatic heterocycles. The van der Waals surface area contributed by atoms with E-state index in [0.717, 1.165) is 40.0 Å². The van der Waals surface area contributed by atoms with Gasteiger partial charge in [0, 0.05) is 36.5 Å². The maximum atomic E-state index is 14.4. The number of benzene rings is 1. The Balaban J connectivity index is 1.26. The SMILES string of the molecule is CN(C(=O)C1CCC(NC(=O)OC(C)(C)C)CC1)[C@@H](c1ccc(Nc2cnc3cccnc3c2C2CC2)cc1)C(F)(F)F. The van der Waals surface area contributed by atoms with Crippen LogP contribution in [0.15, 0.2) is 48.8 Å². The van der Waals surface area contributed by atoms with Gasteiger partial charge in [0.15, 0.2) is 6.04 Å². The third-order valence-corrected chi connectivity index (χ3v) is 8.00. The van der Waals surface area contributed by atoms with Gasteiger partial charge in [-0.1, -0.05) is 12.1 Å². The first-order valence-electron chi connectivity index (χ1n) is 14.7. The number of hydrogen-bond donors (Lipinski definition) is 2. The minimum atomic E-state index is -4.66. The summed E-state index contributed by atoms with van der Waals surface area (Å²) in [6.07, 6.45) is 2.13. The summed E-state index contributed by atoms with van der Waals surface area (Å²) in [6, 6.07) is 7.50. The molecule has 2 fully saturated rings. The number of rotatable bonds is 7. The standard InChI is InChI=1S/C32H38F3N5O3/c1-31(2,3)43-30(42)39-23-15-11-21(12-16-23)29(41)40(4)28(32(33,34)35)20-9-13-22(14-10-20)38-25-18-37-24-6-5-17-36-27(24)26(25)19-7-8-19/h5-6,9-10,13-14,17-19,21,23,28,38H,7-8,11-12,15-16H2,1-4H3,(H,39,42)/t21?,23?,28-/m0/s1. The molecule has 2 amide bonds. The van der Waals surface area contributed by atoms with Crippen LogP contribution in [0.2, 0.25) is 0 Å². The molecule has 2 heterocycles. The molecule has 0 bridgehead atoms. The highest BCUT2D eigenvalue weighted by Crippen LogP contribution is 2.46. The van der Waals surface area contributed by atoms with Gasteiger partial charge in [0.05, 0.1) is 22.9 Å². The molecule has 2 aliphatic carbocycles. The smallest absolute Gasteiger partial charge is 0.413 e. The van der Waals surface area contributed by atoms with Crippen molar-refractivity contribution in [2.24, 2.45) is 5.92 Å². The van der Waals surface area contributed by atoms with Crippen LogP contribution in [-0.4, -0.2) is 51.7 Å². The highest BCUT2D eigenvalue weighted by Gasteiger charge is 2.46. The predicted molar refractivity (Wildman–Crippen MR) is 158 cm³/mol. The first-order valence-corrected chi connectivity index (χ1v) is 14.7. The van der Waals surface area contributed by atoms with E-state index >= 15 is 0 Å². The average molecular weight is 598 g/mol. The summed E-state index contributed by atoms with van der Waals surface area (Å²) in [4.78, 5) is 35.2. The molecule has 0 aliphatic heterocycles. The number of carbonyl (C=O) groups excluding carboxylic acids is 2. The zero-order chi connectivity index (χ0) is 30.9. The Bertz CT molecular complexity index is 1460. The van der Waals surface area contributed by atoms with E-state index in [0.29, 0.717) is 37.3 Å². The summed E-state index contributed by atoms with van der Waals surface area (Å²) in [6.45, 7) is 5.30. The molecule has 0 saturated heterocycles. The number of fused-ring (bicyclic) bond motifs is 1. The van der Waals surface area contributed by atoms with Crippen LogP contribution in [0, 0.1) is 5.92 Å². The minimum Gasteiger partial charge on any atom is -0.444 e. The average Bonchev–Trinajstić information content (AvgIpc) is 3.77. The van der Waals surface area contributed by atoms with Gasteiger partial charge >= 0.3 is 12.3 Å². The molecule has 11 heteroatoms. The molecule has 0 radical (unpaired) electrons. The van der Waals surface area contributed by atoms with Crippen molar-refractivity contribution >= 4 is 34.4 Å². The quantitative estimate of drug-likeness (QED) is 0.295. The molecule has 230 valence electrons. The van der Waals surface area contributed by atoms with Gasteiger partial charge in [0.25, 0.3) is 0 Å². The zero-order valence-corrected chi connectivity index (χ0v) is 24.9. The second-order valence-corrected chi connectivity index (χ2v) is 12.6. The molecule has 8 nitrogen and oxygen atoms in total. The molecule has 43 heavy (non-hydrogen) atoms. The van der Waals surface area contributed by atoms with E-state index in [-0.39, 0.29) is 11.6 Å². The Hall–Kier alpha value is -3.89. The van der Waals surface area contributed by atoms with E-state index in [1.165, 1.54) is 19.2 Å². The first-order chi connectivity index (χ1) is 20.3. The number of alkyl halides is 3. The van der Waals surface area contributed by atoms with Gasteiger partial charge in [0.1, 0.15) is 5.60 Å². The van der Waals surface area contributed by atoms with Gasteiger partial charge in [-0.2, -0.15) is 13.2 Å². The van der Waals surface area contributed by atoms with Crippen molar-refractivity contribution in [3.63, 3.8) is 0 Å². The van der Waals surface area contributed by atoms with Crippen molar-refractivity contribution in [3.05, 3.63) is 59.9 Å². The molecular formula is C32H38F3N5O3. The third kappa shape index (κ3) is 7.37. The van der Waals surface area contributed by atoms with Crippen LogP contribution in [-0.2, 0) is 9.53 Å². The normalized spacial score (nSPS) is 19.9. The van der Waals surface area contributed by atoms with Gasteiger partial charge in [-0.15, -0.1) is 0 Å². The van der Waals surface area contributed by atoms with Crippen LogP contribution in [0.1, 0.15) is 82.4 Å². The molecule has 2 saturated carbocycles. The third-order valence-electron chi connectivity index (χ3n) is 8.00. The Morgan fingerprint density at radius 1 is 0.977 bits per heavy atom. The van der Waals surface area contributed by atoms with Crippen molar-refractivity contribution in [1.82, 2.24) is 20.2 Å². The fraction of sp³-hybridized carbons (Fsp3) is 0.500. The van der Waals surface area contributed by atoms with Crippen LogP contribution < -0.4 is 10.6 Å². The number of aromatic nitrogens is 2. The number of ether oxygens (including phenoxy) is 1. The molecule has 2 aliphatic rings. The lowest BCUT2D eigenvalue weighted by atomic mass is 9.84. The van der Waals surface area contributed by atoms with Crippen molar-refractivity contribution in [3.8, 4) is 0 Å². The summed E-state index contributed by atoms with van der Waals surface area (Å²) in [5.74, 6) is -0.731. The van der Waals surface area contributed by atoms with E-state index in [4.69, 9.17) is 4.74 Å².